The van der Waals surface area contributed by atoms with Crippen molar-refractivity contribution in [3.05, 3.63) is 85.0 Å². The minimum absolute atomic E-state index is 0.0480. The summed E-state index contributed by atoms with van der Waals surface area (Å²) >= 11 is 0. The normalized spacial score (nSPS) is 19.5. The van der Waals surface area contributed by atoms with Gasteiger partial charge >= 0.3 is 18.6 Å². The second-order valence-corrected chi connectivity index (χ2v) is 10.8. The number of carbonyl (C=O) groups is 1. The maximum atomic E-state index is 13.4. The van der Waals surface area contributed by atoms with Crippen molar-refractivity contribution in [3.8, 4) is 11.5 Å². The van der Waals surface area contributed by atoms with Crippen molar-refractivity contribution in [1.82, 2.24) is 10.2 Å². The highest BCUT2D eigenvalue weighted by molar-refractivity contribution is 5.75. The molecule has 0 bridgehead atoms. The molecule has 0 atom stereocenters. The molecular weight excluding hydrogens is 602 g/mol. The molecule has 7 nitrogen and oxygen atoms in total. The molecule has 244 valence electrons. The number of nitrogens with one attached hydrogen (secondary N) is 2. The lowest BCUT2D eigenvalue weighted by atomic mass is 9.91. The number of nitrogens with zero attached hydrogens (tertiary/aromatic N) is 2. The van der Waals surface area contributed by atoms with E-state index in [4.69, 9.17) is 4.74 Å². The molecule has 1 heterocycles. The fourth-order valence-electron chi connectivity index (χ4n) is 5.35. The number of halogens is 6. The number of rotatable bonds is 10. The first-order chi connectivity index (χ1) is 21.3. The lowest BCUT2D eigenvalue weighted by molar-refractivity contribution is -0.276. The van der Waals surface area contributed by atoms with Crippen LogP contribution in [-0.2, 0) is 6.18 Å². The molecule has 0 radical (unpaired) electrons. The number of alkyl halides is 6. The summed E-state index contributed by atoms with van der Waals surface area (Å²) in [5.74, 6) is -0.566. The molecule has 1 saturated carbocycles. The molecule has 2 aromatic rings. The minimum Gasteiger partial charge on any atom is -0.489 e. The molecule has 0 spiro atoms. The Balaban J connectivity index is 1.21. The maximum absolute atomic E-state index is 13.4. The zero-order valence-electron chi connectivity index (χ0n) is 24.6. The van der Waals surface area contributed by atoms with E-state index in [-0.39, 0.29) is 23.8 Å². The molecule has 1 aliphatic heterocycles. The van der Waals surface area contributed by atoms with Crippen molar-refractivity contribution in [2.45, 2.75) is 50.3 Å². The van der Waals surface area contributed by atoms with E-state index in [9.17, 15) is 31.1 Å². The number of carbonyl (C=O) groups excluding carboxylic acids is 1. The van der Waals surface area contributed by atoms with Crippen LogP contribution in [0.3, 0.4) is 0 Å². The molecule has 4 rings (SSSR count). The van der Waals surface area contributed by atoms with E-state index in [1.54, 1.807) is 17.1 Å². The summed E-state index contributed by atoms with van der Waals surface area (Å²) in [5, 5.41) is 6.05. The van der Waals surface area contributed by atoms with E-state index in [2.05, 4.69) is 33.4 Å². The number of hydrogen-bond donors (Lipinski definition) is 2. The average Bonchev–Trinajstić information content (AvgIpc) is 3.00. The number of allylic oxidation sites excluding steroid dienone is 2. The molecule has 2 aliphatic rings. The van der Waals surface area contributed by atoms with Crippen molar-refractivity contribution in [2.75, 3.05) is 43.0 Å². The number of piperazine rings is 1. The molecule has 0 aromatic heterocycles. The Hall–Kier alpha value is -4.29. The van der Waals surface area contributed by atoms with E-state index in [0.717, 1.165) is 23.1 Å². The summed E-state index contributed by atoms with van der Waals surface area (Å²) in [6.45, 7) is 10.3. The van der Waals surface area contributed by atoms with Gasteiger partial charge in [0.1, 0.15) is 18.1 Å². The first-order valence-electron chi connectivity index (χ1n) is 14.6. The van der Waals surface area contributed by atoms with Crippen LogP contribution in [0.4, 0.5) is 42.5 Å². The first kappa shape index (κ1) is 33.6. The van der Waals surface area contributed by atoms with E-state index in [1.807, 2.05) is 30.3 Å². The van der Waals surface area contributed by atoms with E-state index >= 15 is 0 Å². The van der Waals surface area contributed by atoms with Crippen LogP contribution in [0.2, 0.25) is 0 Å². The zero-order valence-corrected chi connectivity index (χ0v) is 24.6. The molecule has 45 heavy (non-hydrogen) atoms. The first-order valence-corrected chi connectivity index (χ1v) is 14.6. The van der Waals surface area contributed by atoms with Crippen molar-refractivity contribution in [3.63, 3.8) is 0 Å². The molecule has 1 saturated heterocycles. The Bertz CT molecular complexity index is 1340. The topological polar surface area (TPSA) is 66.1 Å². The van der Waals surface area contributed by atoms with Gasteiger partial charge in [0.2, 0.25) is 0 Å². The molecule has 2 aromatic carbocycles. The number of ether oxygens (including phenoxy) is 2. The fourth-order valence-corrected chi connectivity index (χ4v) is 5.35. The number of amides is 2. The molecule has 2 amide bonds. The Morgan fingerprint density at radius 3 is 2.13 bits per heavy atom. The summed E-state index contributed by atoms with van der Waals surface area (Å²) < 4.78 is 87.1. The van der Waals surface area contributed by atoms with Crippen LogP contribution in [0.1, 0.15) is 31.2 Å². The van der Waals surface area contributed by atoms with Crippen LogP contribution in [0.15, 0.2) is 79.4 Å². The van der Waals surface area contributed by atoms with Crippen LogP contribution in [0, 0.1) is 0 Å². The van der Waals surface area contributed by atoms with E-state index in [0.29, 0.717) is 70.6 Å². The number of urea groups is 1. The lowest BCUT2D eigenvalue weighted by Crippen LogP contribution is -2.54. The van der Waals surface area contributed by atoms with Crippen LogP contribution in [-0.4, -0.2) is 62.2 Å². The molecule has 13 heteroatoms. The van der Waals surface area contributed by atoms with E-state index in [1.165, 1.54) is 0 Å². The van der Waals surface area contributed by atoms with Gasteiger partial charge in [-0.1, -0.05) is 31.4 Å². The van der Waals surface area contributed by atoms with Gasteiger partial charge in [-0.25, -0.2) is 4.79 Å². The maximum Gasteiger partial charge on any atom is 0.573 e. The van der Waals surface area contributed by atoms with Crippen LogP contribution in [0.5, 0.6) is 11.5 Å². The van der Waals surface area contributed by atoms with E-state index < -0.39 is 23.9 Å². The summed E-state index contributed by atoms with van der Waals surface area (Å²) in [6, 6.07) is 9.76. The van der Waals surface area contributed by atoms with Crippen LogP contribution >= 0.6 is 0 Å². The molecule has 1 aliphatic carbocycles. The highest BCUT2D eigenvalue weighted by Crippen LogP contribution is 2.40. The summed E-state index contributed by atoms with van der Waals surface area (Å²) in [4.78, 5) is 16.9. The standard InChI is InChI=1S/C32H36F6N4O3/c1-3-5-22(4-2)21-44-27-13-11-26(12-14-27)41-16-18-42(19-17-41)30(43)40-24-8-6-23(7-9-24)39-25-10-15-29(45-32(36,37)38)28(20-25)31(33,34)35/h3-5,10-15,20,23-24,39H,1-2,6-9,16-19,21H2,(H,40,43)/b22-5+. The third kappa shape index (κ3) is 9.85. The number of benzene rings is 2. The second kappa shape index (κ2) is 14.7. The number of anilines is 2. The summed E-state index contributed by atoms with van der Waals surface area (Å²) in [6.07, 6.45) is -2.67. The predicted molar refractivity (Wildman–Crippen MR) is 161 cm³/mol. The lowest BCUT2D eigenvalue weighted by Gasteiger charge is -2.37. The highest BCUT2D eigenvalue weighted by Gasteiger charge is 2.39. The molecular formula is C32H36F6N4O3. The van der Waals surface area contributed by atoms with Gasteiger partial charge in [-0.3, -0.25) is 0 Å². The van der Waals surface area contributed by atoms with Crippen LogP contribution < -0.4 is 25.0 Å². The van der Waals surface area contributed by atoms with Crippen molar-refractivity contribution >= 4 is 17.4 Å². The molecule has 0 unspecified atom stereocenters. The van der Waals surface area contributed by atoms with Gasteiger partial charge < -0.3 is 29.9 Å². The Labute approximate surface area is 258 Å². The van der Waals surface area contributed by atoms with Gasteiger partial charge in [0.05, 0.1) is 5.56 Å². The molecule has 2 N–H and O–H groups in total. The average molecular weight is 639 g/mol. The highest BCUT2D eigenvalue weighted by atomic mass is 19.4. The smallest absolute Gasteiger partial charge is 0.489 e. The third-order valence-electron chi connectivity index (χ3n) is 7.70. The Morgan fingerprint density at radius 2 is 1.56 bits per heavy atom. The minimum atomic E-state index is -5.24. The second-order valence-electron chi connectivity index (χ2n) is 10.8. The zero-order chi connectivity index (χ0) is 32.6. The van der Waals surface area contributed by atoms with Gasteiger partial charge in [-0.05, 0) is 73.7 Å². The monoisotopic (exact) mass is 638 g/mol. The fraction of sp³-hybridized carbons (Fsp3) is 0.406. The van der Waals surface area contributed by atoms with Crippen molar-refractivity contribution in [2.24, 2.45) is 0 Å². The largest absolute Gasteiger partial charge is 0.573 e. The van der Waals surface area contributed by atoms with Crippen LogP contribution in [0.25, 0.3) is 0 Å². The van der Waals surface area contributed by atoms with Gasteiger partial charge in [0, 0.05) is 49.6 Å². The molecule has 2 fully saturated rings. The SMILES string of the molecule is C=C/C=C(\C=C)COc1ccc(N2CCN(C(=O)NC3CCC(Nc4ccc(OC(F)(F)F)c(C(F)(F)F)c4)CC3)CC2)cc1. The summed E-state index contributed by atoms with van der Waals surface area (Å²) in [7, 11) is 0. The van der Waals surface area contributed by atoms with Crippen molar-refractivity contribution < 1.29 is 40.6 Å². The van der Waals surface area contributed by atoms with Gasteiger partial charge in [0.15, 0.2) is 0 Å². The third-order valence-corrected chi connectivity index (χ3v) is 7.70. The Morgan fingerprint density at radius 1 is 0.911 bits per heavy atom. The number of hydrogen-bond acceptors (Lipinski definition) is 5. The van der Waals surface area contributed by atoms with Gasteiger partial charge in [-0.15, -0.1) is 13.2 Å². The van der Waals surface area contributed by atoms with Gasteiger partial charge in [-0.2, -0.15) is 13.2 Å². The predicted octanol–water partition coefficient (Wildman–Crippen LogP) is 7.54. The quantitative estimate of drug-likeness (QED) is 0.208. The van der Waals surface area contributed by atoms with Gasteiger partial charge in [0.25, 0.3) is 0 Å². The Kier molecular flexibility index (Phi) is 10.9. The summed E-state index contributed by atoms with van der Waals surface area (Å²) in [5.41, 5.74) is 0.491. The van der Waals surface area contributed by atoms with Crippen molar-refractivity contribution in [1.29, 1.82) is 0 Å².